The van der Waals surface area contributed by atoms with Crippen molar-refractivity contribution in [3.05, 3.63) is 0 Å². The van der Waals surface area contributed by atoms with Crippen LogP contribution in [0.5, 0.6) is 0 Å². The quantitative estimate of drug-likeness (QED) is 0.244. The molecular weight excluding hydrogens is 295 g/mol. The molecular formula is C14H29I. The maximum atomic E-state index is 2.53. The first-order valence-electron chi connectivity index (χ1n) is 6.91. The normalized spacial score (nSPS) is 13.0. The molecule has 0 bridgehead atoms. The van der Waals surface area contributed by atoms with Crippen LogP contribution in [-0.2, 0) is 0 Å². The molecule has 0 radical (unpaired) electrons. The zero-order chi connectivity index (χ0) is 11.4. The van der Waals surface area contributed by atoms with Gasteiger partial charge in [-0.2, -0.15) is 0 Å². The van der Waals surface area contributed by atoms with Gasteiger partial charge >= 0.3 is 0 Å². The van der Waals surface area contributed by atoms with Crippen molar-refractivity contribution in [1.29, 1.82) is 0 Å². The molecule has 0 aliphatic carbocycles. The fourth-order valence-electron chi connectivity index (χ4n) is 1.91. The van der Waals surface area contributed by atoms with E-state index < -0.39 is 0 Å². The number of halogens is 1. The SMILES string of the molecule is CCCCCCCCCCCCC(C)I. The molecule has 0 N–H and O–H groups in total. The maximum absolute atomic E-state index is 2.53. The van der Waals surface area contributed by atoms with Crippen molar-refractivity contribution in [3.8, 4) is 0 Å². The van der Waals surface area contributed by atoms with Crippen LogP contribution < -0.4 is 0 Å². The van der Waals surface area contributed by atoms with Gasteiger partial charge in [-0.25, -0.2) is 0 Å². The van der Waals surface area contributed by atoms with E-state index in [4.69, 9.17) is 0 Å². The lowest BCUT2D eigenvalue weighted by Crippen LogP contribution is -1.89. The minimum atomic E-state index is 0.872. The Bertz CT molecular complexity index is 110. The van der Waals surface area contributed by atoms with Crippen molar-refractivity contribution >= 4 is 22.6 Å². The topological polar surface area (TPSA) is 0 Å². The zero-order valence-corrected chi connectivity index (χ0v) is 12.9. The monoisotopic (exact) mass is 324 g/mol. The Morgan fingerprint density at radius 2 is 1.13 bits per heavy atom. The molecule has 0 aromatic rings. The van der Waals surface area contributed by atoms with Crippen LogP contribution in [0.2, 0.25) is 0 Å². The zero-order valence-electron chi connectivity index (χ0n) is 10.7. The summed E-state index contributed by atoms with van der Waals surface area (Å²) in [6.45, 7) is 4.60. The average molecular weight is 324 g/mol. The van der Waals surface area contributed by atoms with Crippen LogP contribution in [0.15, 0.2) is 0 Å². The summed E-state index contributed by atoms with van der Waals surface area (Å²) in [4.78, 5) is 0. The molecule has 0 aromatic carbocycles. The van der Waals surface area contributed by atoms with Crippen LogP contribution in [0.4, 0.5) is 0 Å². The van der Waals surface area contributed by atoms with Gasteiger partial charge in [0.25, 0.3) is 0 Å². The van der Waals surface area contributed by atoms with Gasteiger partial charge in [0.05, 0.1) is 0 Å². The Morgan fingerprint density at radius 1 is 0.733 bits per heavy atom. The lowest BCUT2D eigenvalue weighted by Gasteiger charge is -2.03. The van der Waals surface area contributed by atoms with E-state index in [0.29, 0.717) is 0 Å². The van der Waals surface area contributed by atoms with Crippen molar-refractivity contribution < 1.29 is 0 Å². The van der Waals surface area contributed by atoms with Gasteiger partial charge in [0.2, 0.25) is 0 Å². The molecule has 1 atom stereocenters. The van der Waals surface area contributed by atoms with E-state index in [0.717, 1.165) is 3.92 Å². The van der Waals surface area contributed by atoms with Gasteiger partial charge in [-0.15, -0.1) is 0 Å². The summed E-state index contributed by atoms with van der Waals surface area (Å²) in [6, 6.07) is 0. The standard InChI is InChI=1S/C14H29I/c1-3-4-5-6-7-8-9-10-11-12-13-14(2)15/h14H,3-13H2,1-2H3. The highest BCUT2D eigenvalue weighted by Crippen LogP contribution is 2.14. The third-order valence-corrected chi connectivity index (χ3v) is 3.58. The van der Waals surface area contributed by atoms with E-state index in [1.54, 1.807) is 0 Å². The van der Waals surface area contributed by atoms with Crippen LogP contribution in [0.1, 0.15) is 84.5 Å². The molecule has 0 spiro atoms. The van der Waals surface area contributed by atoms with Crippen LogP contribution in [-0.4, -0.2) is 3.92 Å². The van der Waals surface area contributed by atoms with Gasteiger partial charge in [-0.05, 0) is 6.42 Å². The average Bonchev–Trinajstić information content (AvgIpc) is 2.20. The van der Waals surface area contributed by atoms with Crippen molar-refractivity contribution in [2.45, 2.75) is 88.4 Å². The minimum Gasteiger partial charge on any atom is -0.0829 e. The third kappa shape index (κ3) is 14.7. The lowest BCUT2D eigenvalue weighted by molar-refractivity contribution is 0.550. The molecule has 1 heteroatoms. The van der Waals surface area contributed by atoms with Crippen molar-refractivity contribution in [2.24, 2.45) is 0 Å². The number of rotatable bonds is 11. The van der Waals surface area contributed by atoms with Crippen molar-refractivity contribution in [2.75, 3.05) is 0 Å². The summed E-state index contributed by atoms with van der Waals surface area (Å²) in [6.07, 6.45) is 16.0. The Labute approximate surface area is 111 Å². The molecule has 15 heavy (non-hydrogen) atoms. The van der Waals surface area contributed by atoms with Gasteiger partial charge in [0, 0.05) is 3.92 Å². The number of alkyl halides is 1. The highest BCUT2D eigenvalue weighted by Gasteiger charge is 1.95. The molecule has 1 unspecified atom stereocenters. The number of hydrogen-bond donors (Lipinski definition) is 0. The molecule has 0 saturated heterocycles. The van der Waals surface area contributed by atoms with Crippen molar-refractivity contribution in [3.63, 3.8) is 0 Å². The first-order chi connectivity index (χ1) is 7.27. The van der Waals surface area contributed by atoms with E-state index in [-0.39, 0.29) is 0 Å². The minimum absolute atomic E-state index is 0.872. The number of hydrogen-bond acceptors (Lipinski definition) is 0. The lowest BCUT2D eigenvalue weighted by atomic mass is 10.1. The van der Waals surface area contributed by atoms with E-state index in [1.165, 1.54) is 70.6 Å². The molecule has 0 nitrogen and oxygen atoms in total. The summed E-state index contributed by atoms with van der Waals surface area (Å²) < 4.78 is 0.872. The van der Waals surface area contributed by atoms with Gasteiger partial charge in [0.15, 0.2) is 0 Å². The highest BCUT2D eigenvalue weighted by molar-refractivity contribution is 14.1. The molecule has 0 heterocycles. The molecule has 0 aliphatic heterocycles. The summed E-state index contributed by atoms with van der Waals surface area (Å²) in [7, 11) is 0. The first kappa shape index (κ1) is 15.7. The van der Waals surface area contributed by atoms with Crippen LogP contribution in [0.3, 0.4) is 0 Å². The van der Waals surface area contributed by atoms with E-state index in [2.05, 4.69) is 36.4 Å². The van der Waals surface area contributed by atoms with E-state index in [1.807, 2.05) is 0 Å². The Hall–Kier alpha value is 0.730. The third-order valence-electron chi connectivity index (χ3n) is 2.96. The van der Waals surface area contributed by atoms with Crippen LogP contribution >= 0.6 is 22.6 Å². The van der Waals surface area contributed by atoms with Crippen LogP contribution in [0.25, 0.3) is 0 Å². The first-order valence-corrected chi connectivity index (χ1v) is 8.16. The smallest absolute Gasteiger partial charge is 0.00813 e. The fraction of sp³-hybridized carbons (Fsp3) is 1.00. The summed E-state index contributed by atoms with van der Waals surface area (Å²) >= 11 is 2.53. The summed E-state index contributed by atoms with van der Waals surface area (Å²) in [5.41, 5.74) is 0. The summed E-state index contributed by atoms with van der Waals surface area (Å²) in [5, 5.41) is 0. The van der Waals surface area contributed by atoms with Gasteiger partial charge < -0.3 is 0 Å². The van der Waals surface area contributed by atoms with Crippen LogP contribution in [0, 0.1) is 0 Å². The highest BCUT2D eigenvalue weighted by atomic mass is 127. The predicted octanol–water partition coefficient (Wildman–Crippen LogP) is 6.12. The second-order valence-electron chi connectivity index (χ2n) is 4.75. The van der Waals surface area contributed by atoms with Gasteiger partial charge in [-0.3, -0.25) is 0 Å². The molecule has 0 amide bonds. The largest absolute Gasteiger partial charge is 0.0829 e. The molecule has 0 fully saturated rings. The van der Waals surface area contributed by atoms with Crippen molar-refractivity contribution in [1.82, 2.24) is 0 Å². The number of unbranched alkanes of at least 4 members (excludes halogenated alkanes) is 9. The molecule has 0 aliphatic rings. The Morgan fingerprint density at radius 3 is 1.53 bits per heavy atom. The summed E-state index contributed by atoms with van der Waals surface area (Å²) in [5.74, 6) is 0. The van der Waals surface area contributed by atoms with Gasteiger partial charge in [0.1, 0.15) is 0 Å². The predicted molar refractivity (Wildman–Crippen MR) is 79.9 cm³/mol. The second-order valence-corrected chi connectivity index (χ2v) is 6.88. The Balaban J connectivity index is 2.87. The van der Waals surface area contributed by atoms with E-state index in [9.17, 15) is 0 Å². The van der Waals surface area contributed by atoms with E-state index >= 15 is 0 Å². The molecule has 0 saturated carbocycles. The maximum Gasteiger partial charge on any atom is 0.00813 e. The van der Waals surface area contributed by atoms with Gasteiger partial charge in [-0.1, -0.05) is 101 Å². The Kier molecular flexibility index (Phi) is 13.4. The molecule has 0 aromatic heterocycles. The fourth-order valence-corrected chi connectivity index (χ4v) is 2.35. The second kappa shape index (κ2) is 12.8. The molecule has 92 valence electrons. The molecule has 0 rings (SSSR count).